The third-order valence-electron chi connectivity index (χ3n) is 2.53. The molecule has 0 amide bonds. The molecule has 19 heavy (non-hydrogen) atoms. The van der Waals surface area contributed by atoms with Gasteiger partial charge in [-0.3, -0.25) is 0 Å². The number of thioether (sulfide) groups is 2. The van der Waals surface area contributed by atoms with Crippen LogP contribution in [0.1, 0.15) is 17.0 Å². The molecule has 0 radical (unpaired) electrons. The van der Waals surface area contributed by atoms with Crippen molar-refractivity contribution in [2.75, 3.05) is 11.5 Å². The Morgan fingerprint density at radius 1 is 0.947 bits per heavy atom. The normalized spacial score (nSPS) is 10.6. The van der Waals surface area contributed by atoms with E-state index in [1.165, 1.54) is 5.56 Å². The molecule has 1 heterocycles. The predicted molar refractivity (Wildman–Crippen MR) is 84.8 cm³/mol. The first kappa shape index (κ1) is 14.4. The van der Waals surface area contributed by atoms with E-state index in [9.17, 15) is 0 Å². The van der Waals surface area contributed by atoms with E-state index in [1.807, 2.05) is 31.7 Å². The summed E-state index contributed by atoms with van der Waals surface area (Å²) in [6.45, 7) is 4.03. The molecule has 100 valence electrons. The third-order valence-corrected chi connectivity index (χ3v) is 4.67. The molecule has 4 heteroatoms. The first-order chi connectivity index (χ1) is 9.24. The second-order valence-electron chi connectivity index (χ2n) is 4.32. The fourth-order valence-corrected chi connectivity index (χ4v) is 3.69. The Morgan fingerprint density at radius 3 is 2.32 bits per heavy atom. The van der Waals surface area contributed by atoms with Gasteiger partial charge < -0.3 is 0 Å². The van der Waals surface area contributed by atoms with Gasteiger partial charge in [-0.1, -0.05) is 42.1 Å². The average Bonchev–Trinajstić information content (AvgIpc) is 2.38. The molecule has 0 aliphatic rings. The van der Waals surface area contributed by atoms with Crippen LogP contribution in [-0.2, 0) is 5.75 Å². The van der Waals surface area contributed by atoms with Crippen LogP contribution in [0, 0.1) is 13.8 Å². The highest BCUT2D eigenvalue weighted by Crippen LogP contribution is 2.18. The van der Waals surface area contributed by atoms with Gasteiger partial charge in [0.15, 0.2) is 5.16 Å². The largest absolute Gasteiger partial charge is 0.228 e. The van der Waals surface area contributed by atoms with Gasteiger partial charge in [0.25, 0.3) is 0 Å². The molecule has 0 aliphatic heterocycles. The number of nitrogens with zero attached hydrogens (tertiary/aromatic N) is 2. The highest BCUT2D eigenvalue weighted by Gasteiger charge is 2.00. The number of hydrogen-bond acceptors (Lipinski definition) is 4. The average molecular weight is 290 g/mol. The summed E-state index contributed by atoms with van der Waals surface area (Å²) >= 11 is 3.70. The predicted octanol–water partition coefficient (Wildman–Crippen LogP) is 4.12. The van der Waals surface area contributed by atoms with Crippen LogP contribution >= 0.6 is 23.5 Å². The second-order valence-corrected chi connectivity index (χ2v) is 6.49. The molecule has 0 atom stereocenters. The molecule has 0 N–H and O–H groups in total. The first-order valence-electron chi connectivity index (χ1n) is 6.31. The summed E-state index contributed by atoms with van der Waals surface area (Å²) in [7, 11) is 0. The molecule has 2 aromatic rings. The van der Waals surface area contributed by atoms with E-state index in [2.05, 4.69) is 40.3 Å². The maximum Gasteiger partial charge on any atom is 0.188 e. The van der Waals surface area contributed by atoms with Crippen molar-refractivity contribution in [3.8, 4) is 0 Å². The van der Waals surface area contributed by atoms with E-state index in [1.54, 1.807) is 11.8 Å². The summed E-state index contributed by atoms with van der Waals surface area (Å²) in [4.78, 5) is 8.86. The van der Waals surface area contributed by atoms with Gasteiger partial charge in [-0.05, 0) is 25.5 Å². The van der Waals surface area contributed by atoms with Gasteiger partial charge in [-0.15, -0.1) is 0 Å². The number of benzene rings is 1. The van der Waals surface area contributed by atoms with Crippen LogP contribution in [0.4, 0.5) is 0 Å². The summed E-state index contributed by atoms with van der Waals surface area (Å²) < 4.78 is 0. The maximum absolute atomic E-state index is 4.43. The van der Waals surface area contributed by atoms with Crippen LogP contribution in [0.25, 0.3) is 0 Å². The molecular formula is C15H18N2S2. The summed E-state index contributed by atoms with van der Waals surface area (Å²) in [6, 6.07) is 12.6. The molecule has 0 aliphatic carbocycles. The lowest BCUT2D eigenvalue weighted by atomic mass is 10.2. The summed E-state index contributed by atoms with van der Waals surface area (Å²) in [6.07, 6.45) is 0. The zero-order valence-corrected chi connectivity index (χ0v) is 12.9. The van der Waals surface area contributed by atoms with Crippen molar-refractivity contribution in [3.05, 3.63) is 53.3 Å². The third kappa shape index (κ3) is 5.25. The van der Waals surface area contributed by atoms with E-state index in [0.29, 0.717) is 0 Å². The Bertz CT molecular complexity index is 495. The number of aryl methyl sites for hydroxylation is 2. The maximum atomic E-state index is 4.43. The SMILES string of the molecule is Cc1cc(C)nc(SCCSCc2ccccc2)n1. The number of hydrogen-bond donors (Lipinski definition) is 0. The second kappa shape index (κ2) is 7.56. The molecule has 0 fully saturated rings. The highest BCUT2D eigenvalue weighted by atomic mass is 32.2. The quantitative estimate of drug-likeness (QED) is 0.454. The standard InChI is InChI=1S/C15H18N2S2/c1-12-10-13(2)17-15(16-12)19-9-8-18-11-14-6-4-3-5-7-14/h3-7,10H,8-9,11H2,1-2H3. The molecule has 1 aromatic heterocycles. The van der Waals surface area contributed by atoms with Gasteiger partial charge in [0.2, 0.25) is 0 Å². The van der Waals surface area contributed by atoms with Crippen LogP contribution in [-0.4, -0.2) is 21.5 Å². The zero-order chi connectivity index (χ0) is 13.5. The van der Waals surface area contributed by atoms with Crippen LogP contribution in [0.15, 0.2) is 41.6 Å². The fraction of sp³-hybridized carbons (Fsp3) is 0.333. The molecule has 0 saturated carbocycles. The van der Waals surface area contributed by atoms with Crippen LogP contribution < -0.4 is 0 Å². The smallest absolute Gasteiger partial charge is 0.188 e. The van der Waals surface area contributed by atoms with Gasteiger partial charge in [-0.2, -0.15) is 11.8 Å². The fourth-order valence-electron chi connectivity index (χ4n) is 1.71. The monoisotopic (exact) mass is 290 g/mol. The minimum Gasteiger partial charge on any atom is -0.228 e. The van der Waals surface area contributed by atoms with E-state index in [0.717, 1.165) is 33.8 Å². The van der Waals surface area contributed by atoms with Gasteiger partial charge in [0.1, 0.15) is 0 Å². The van der Waals surface area contributed by atoms with Crippen molar-refractivity contribution in [1.29, 1.82) is 0 Å². The van der Waals surface area contributed by atoms with Crippen molar-refractivity contribution < 1.29 is 0 Å². The molecule has 2 nitrogen and oxygen atoms in total. The van der Waals surface area contributed by atoms with E-state index >= 15 is 0 Å². The van der Waals surface area contributed by atoms with Gasteiger partial charge in [0, 0.05) is 28.6 Å². The van der Waals surface area contributed by atoms with Crippen molar-refractivity contribution >= 4 is 23.5 Å². The van der Waals surface area contributed by atoms with Crippen molar-refractivity contribution in [2.24, 2.45) is 0 Å². The molecule has 1 aromatic carbocycles. The van der Waals surface area contributed by atoms with Crippen LogP contribution in [0.3, 0.4) is 0 Å². The number of rotatable bonds is 6. The van der Waals surface area contributed by atoms with Crippen molar-refractivity contribution in [2.45, 2.75) is 24.8 Å². The molecule has 2 rings (SSSR count). The van der Waals surface area contributed by atoms with Crippen molar-refractivity contribution in [1.82, 2.24) is 9.97 Å². The lowest BCUT2D eigenvalue weighted by Crippen LogP contribution is -1.94. The summed E-state index contributed by atoms with van der Waals surface area (Å²) in [5.41, 5.74) is 3.49. The molecule has 0 bridgehead atoms. The highest BCUT2D eigenvalue weighted by molar-refractivity contribution is 8.02. The Kier molecular flexibility index (Phi) is 5.73. The Balaban J connectivity index is 1.69. The van der Waals surface area contributed by atoms with Crippen LogP contribution in [0.2, 0.25) is 0 Å². The molecule has 0 unspecified atom stereocenters. The minimum atomic E-state index is 0.901. The first-order valence-corrected chi connectivity index (χ1v) is 8.45. The van der Waals surface area contributed by atoms with Gasteiger partial charge in [0.05, 0.1) is 0 Å². The zero-order valence-electron chi connectivity index (χ0n) is 11.3. The lowest BCUT2D eigenvalue weighted by molar-refractivity contribution is 0.903. The topological polar surface area (TPSA) is 25.8 Å². The van der Waals surface area contributed by atoms with Crippen LogP contribution in [0.5, 0.6) is 0 Å². The Morgan fingerprint density at radius 2 is 1.63 bits per heavy atom. The molecular weight excluding hydrogens is 272 g/mol. The van der Waals surface area contributed by atoms with E-state index in [-0.39, 0.29) is 0 Å². The Hall–Kier alpha value is -1.00. The minimum absolute atomic E-state index is 0.901. The van der Waals surface area contributed by atoms with Gasteiger partial charge in [-0.25, -0.2) is 9.97 Å². The van der Waals surface area contributed by atoms with E-state index in [4.69, 9.17) is 0 Å². The molecule has 0 saturated heterocycles. The van der Waals surface area contributed by atoms with E-state index < -0.39 is 0 Å². The number of aromatic nitrogens is 2. The molecule has 0 spiro atoms. The summed E-state index contributed by atoms with van der Waals surface area (Å²) in [5.74, 6) is 3.26. The lowest BCUT2D eigenvalue weighted by Gasteiger charge is -2.03. The summed E-state index contributed by atoms with van der Waals surface area (Å²) in [5, 5.41) is 0.901. The Labute approximate surface area is 123 Å². The van der Waals surface area contributed by atoms with Crippen molar-refractivity contribution in [3.63, 3.8) is 0 Å². The van der Waals surface area contributed by atoms with Gasteiger partial charge >= 0.3 is 0 Å².